The SMILES string of the molecule is [2H]C1([2H])OC(=O)[C@@H]2[C@H](c3cc(OC)c(OP(=O)(O)O)c(OC)c3)c3cc4c(cc3[C@@H](O[C@@H]3O[C@@H]5CO[C@@H](C)O[C@H]5[C@H](O)[C@H]3O)[C@H]21)OCO4. The summed E-state index contributed by atoms with van der Waals surface area (Å²) < 4.78 is 85.1. The number of benzene rings is 2. The summed E-state index contributed by atoms with van der Waals surface area (Å²) in [5.74, 6) is -4.61. The molecule has 3 fully saturated rings. The summed E-state index contributed by atoms with van der Waals surface area (Å²) in [6.07, 6.45) is -8.31. The summed E-state index contributed by atoms with van der Waals surface area (Å²) in [5.41, 5.74) is 1.05. The fraction of sp³-hybridized carbons (Fsp3) is 0.552. The molecule has 0 saturated carbocycles. The van der Waals surface area contributed by atoms with Crippen LogP contribution >= 0.6 is 7.82 Å². The number of esters is 1. The highest BCUT2D eigenvalue weighted by atomic mass is 31.2. The molecule has 0 amide bonds. The van der Waals surface area contributed by atoms with Crippen LogP contribution in [0.1, 0.15) is 38.4 Å². The molecule has 10 atom stereocenters. The fourth-order valence-electron chi connectivity index (χ4n) is 6.67. The van der Waals surface area contributed by atoms with E-state index in [1.54, 1.807) is 19.1 Å². The summed E-state index contributed by atoms with van der Waals surface area (Å²) in [6.45, 7) is -1.06. The van der Waals surface area contributed by atoms with E-state index in [0.29, 0.717) is 28.2 Å². The number of aliphatic hydroxyl groups is 2. The smallest absolute Gasteiger partial charge is 0.493 e. The first-order valence-corrected chi connectivity index (χ1v) is 15.8. The van der Waals surface area contributed by atoms with Gasteiger partial charge in [-0.1, -0.05) is 0 Å². The Hall–Kier alpha value is -3.18. The number of carbonyl (C=O) groups is 1. The van der Waals surface area contributed by atoms with E-state index in [0.717, 1.165) is 0 Å². The lowest BCUT2D eigenvalue weighted by atomic mass is 9.66. The van der Waals surface area contributed by atoms with Gasteiger partial charge in [-0.2, -0.15) is 0 Å². The van der Waals surface area contributed by atoms with Gasteiger partial charge in [-0.15, -0.1) is 0 Å². The molecule has 4 N–H and O–H groups in total. The number of carbonyl (C=O) groups excluding carboxylic acids is 1. The predicted octanol–water partition coefficient (Wildman–Crippen LogP) is 1.10. The first kappa shape index (κ1) is 29.0. The normalized spacial score (nSPS) is 36.4. The second kappa shape index (κ2) is 11.8. The number of methoxy groups -OCH3 is 2. The predicted molar refractivity (Wildman–Crippen MR) is 149 cm³/mol. The second-order valence-electron chi connectivity index (χ2n) is 11.3. The molecule has 3 saturated heterocycles. The fourth-order valence-corrected chi connectivity index (χ4v) is 7.09. The minimum atomic E-state index is -5.07. The van der Waals surface area contributed by atoms with Gasteiger partial charge in [0, 0.05) is 11.8 Å². The average molecular weight is 671 g/mol. The van der Waals surface area contributed by atoms with Gasteiger partial charge in [0.2, 0.25) is 12.5 Å². The molecule has 46 heavy (non-hydrogen) atoms. The number of fused-ring (bicyclic) bond motifs is 4. The van der Waals surface area contributed by atoms with Crippen molar-refractivity contribution in [2.45, 2.75) is 55.9 Å². The molecule has 2 aromatic rings. The molecule has 4 aliphatic heterocycles. The van der Waals surface area contributed by atoms with Crippen LogP contribution < -0.4 is 23.5 Å². The zero-order valence-electron chi connectivity index (χ0n) is 26.6. The Balaban J connectivity index is 1.36. The average Bonchev–Trinajstić information content (AvgIpc) is 3.58. The molecular formula is C29H33O16P. The van der Waals surface area contributed by atoms with Gasteiger partial charge in [0.1, 0.15) is 24.4 Å². The van der Waals surface area contributed by atoms with Crippen LogP contribution in [0.3, 0.4) is 0 Å². The summed E-state index contributed by atoms with van der Waals surface area (Å²) in [5, 5.41) is 22.1. The maximum absolute atomic E-state index is 13.7. The number of aliphatic hydroxyl groups excluding tert-OH is 2. The van der Waals surface area contributed by atoms with Crippen LogP contribution in [0.2, 0.25) is 0 Å². The molecule has 0 aromatic heterocycles. The Morgan fingerprint density at radius 2 is 1.63 bits per heavy atom. The Bertz CT molecular complexity index is 1620. The lowest BCUT2D eigenvalue weighted by Gasteiger charge is -2.47. The number of rotatable bonds is 7. The molecule has 0 spiro atoms. The van der Waals surface area contributed by atoms with E-state index in [1.807, 2.05) is 0 Å². The van der Waals surface area contributed by atoms with E-state index in [1.165, 1.54) is 26.4 Å². The number of ether oxygens (including phenoxy) is 9. The zero-order valence-corrected chi connectivity index (χ0v) is 25.5. The van der Waals surface area contributed by atoms with E-state index in [2.05, 4.69) is 0 Å². The highest BCUT2D eigenvalue weighted by molar-refractivity contribution is 7.46. The van der Waals surface area contributed by atoms with Crippen molar-refractivity contribution in [1.29, 1.82) is 0 Å². The van der Waals surface area contributed by atoms with Crippen molar-refractivity contribution in [3.05, 3.63) is 41.0 Å². The van der Waals surface area contributed by atoms with Crippen LogP contribution in [0.4, 0.5) is 0 Å². The molecular weight excluding hydrogens is 635 g/mol. The van der Waals surface area contributed by atoms with Crippen molar-refractivity contribution >= 4 is 13.8 Å². The Kier molecular flexibility index (Phi) is 7.44. The van der Waals surface area contributed by atoms with E-state index >= 15 is 0 Å². The van der Waals surface area contributed by atoms with Crippen LogP contribution in [-0.4, -0.2) is 97.1 Å². The Labute approximate surface area is 264 Å². The summed E-state index contributed by atoms with van der Waals surface area (Å²) in [7, 11) is -2.59. The van der Waals surface area contributed by atoms with Crippen LogP contribution in [-0.2, 0) is 33.0 Å². The number of phosphoric acid groups is 1. The second-order valence-corrected chi connectivity index (χ2v) is 12.5. The van der Waals surface area contributed by atoms with E-state index in [-0.39, 0.29) is 24.9 Å². The van der Waals surface area contributed by atoms with Gasteiger partial charge >= 0.3 is 13.8 Å². The molecule has 0 bridgehead atoms. The van der Waals surface area contributed by atoms with E-state index in [9.17, 15) is 29.4 Å². The van der Waals surface area contributed by atoms with Gasteiger partial charge in [0.15, 0.2) is 35.6 Å². The summed E-state index contributed by atoms with van der Waals surface area (Å²) in [4.78, 5) is 32.7. The number of phosphoric ester groups is 1. The third kappa shape index (κ3) is 5.37. The molecule has 4 heterocycles. The van der Waals surface area contributed by atoms with Gasteiger partial charge in [-0.25, -0.2) is 4.57 Å². The van der Waals surface area contributed by atoms with Crippen molar-refractivity contribution in [3.63, 3.8) is 0 Å². The lowest BCUT2D eigenvalue weighted by molar-refractivity contribution is -0.364. The quantitative estimate of drug-likeness (QED) is 0.240. The van der Waals surface area contributed by atoms with Crippen LogP contribution in [0.5, 0.6) is 28.7 Å². The van der Waals surface area contributed by atoms with Crippen molar-refractivity contribution in [1.82, 2.24) is 0 Å². The molecule has 2 aromatic carbocycles. The zero-order chi connectivity index (χ0) is 34.3. The molecule has 16 nitrogen and oxygen atoms in total. The van der Waals surface area contributed by atoms with Gasteiger partial charge in [-0.05, 0) is 47.9 Å². The van der Waals surface area contributed by atoms with E-state index < -0.39 is 87.0 Å². The number of cyclic esters (lactones) is 1. The Morgan fingerprint density at radius 3 is 2.28 bits per heavy atom. The third-order valence-electron chi connectivity index (χ3n) is 8.68. The van der Waals surface area contributed by atoms with Gasteiger partial charge in [0.05, 0.1) is 42.1 Å². The van der Waals surface area contributed by atoms with E-state index in [4.69, 9.17) is 49.9 Å². The third-order valence-corrected chi connectivity index (χ3v) is 9.10. The highest BCUT2D eigenvalue weighted by Gasteiger charge is 2.56. The van der Waals surface area contributed by atoms with Crippen LogP contribution in [0, 0.1) is 11.8 Å². The van der Waals surface area contributed by atoms with Gasteiger partial charge in [-0.3, -0.25) is 14.6 Å². The van der Waals surface area contributed by atoms with Crippen molar-refractivity contribution in [2.75, 3.05) is 34.2 Å². The van der Waals surface area contributed by atoms with Crippen LogP contribution in [0.25, 0.3) is 0 Å². The number of hydrogen-bond acceptors (Lipinski definition) is 14. The highest BCUT2D eigenvalue weighted by Crippen LogP contribution is 2.57. The van der Waals surface area contributed by atoms with Gasteiger partial charge in [0.25, 0.3) is 0 Å². The van der Waals surface area contributed by atoms with Crippen LogP contribution in [0.15, 0.2) is 24.3 Å². The lowest BCUT2D eigenvalue weighted by Crippen LogP contribution is -2.63. The topological polar surface area (TPSA) is 207 Å². The maximum atomic E-state index is 13.7. The molecule has 1 aliphatic carbocycles. The molecule has 250 valence electrons. The molecule has 17 heteroatoms. The molecule has 7 rings (SSSR count). The summed E-state index contributed by atoms with van der Waals surface area (Å²) >= 11 is 0. The monoisotopic (exact) mass is 670 g/mol. The van der Waals surface area contributed by atoms with Crippen molar-refractivity contribution in [2.24, 2.45) is 11.8 Å². The minimum absolute atomic E-state index is 0.0252. The van der Waals surface area contributed by atoms with Crippen molar-refractivity contribution < 1.29 is 79.3 Å². The molecule has 0 unspecified atom stereocenters. The van der Waals surface area contributed by atoms with Crippen molar-refractivity contribution in [3.8, 4) is 28.7 Å². The molecule has 0 radical (unpaired) electrons. The minimum Gasteiger partial charge on any atom is -0.493 e. The summed E-state index contributed by atoms with van der Waals surface area (Å²) in [6, 6.07) is 5.97. The largest absolute Gasteiger partial charge is 0.525 e. The molecule has 5 aliphatic rings. The first-order valence-electron chi connectivity index (χ1n) is 15.3. The number of hydrogen-bond donors (Lipinski definition) is 4. The standard InChI is InChI=1S/C29H33O16P/c1-11-38-9-20-27(42-11)23(30)24(31)29(43-20)44-25-14-7-17-16(40-10-41-17)6-13(14)21(22-15(25)8-39-28(22)32)12-4-18(36-2)26(19(5-12)37-3)45-46(33,34)35/h4-7,11,15,20-25,27,29-31H,8-10H2,1-3H3,(H2,33,34,35)/t11-,15+,20-,21-,22+,23-,24-,25-,27-,29+/m1/s1/i8D2. The van der Waals surface area contributed by atoms with Gasteiger partial charge < -0.3 is 57.4 Å². The Morgan fingerprint density at radius 1 is 0.957 bits per heavy atom. The first-order chi connectivity index (χ1) is 22.7. The maximum Gasteiger partial charge on any atom is 0.525 e.